The molecule has 1 heterocycles. The highest BCUT2D eigenvalue weighted by Crippen LogP contribution is 2.25. The van der Waals surface area contributed by atoms with Crippen LogP contribution in [0.3, 0.4) is 0 Å². The van der Waals surface area contributed by atoms with Crippen LogP contribution in [0.4, 0.5) is 11.4 Å². The second kappa shape index (κ2) is 6.71. The van der Waals surface area contributed by atoms with Crippen LogP contribution >= 0.6 is 0 Å². The number of benzene rings is 2. The molecule has 0 radical (unpaired) electrons. The number of aliphatic hydroxyl groups is 1. The molecule has 1 aliphatic heterocycles. The third kappa shape index (κ3) is 3.46. The minimum absolute atomic E-state index is 0.0573. The van der Waals surface area contributed by atoms with E-state index in [4.69, 9.17) is 4.74 Å². The topological polar surface area (TPSA) is 61.8 Å². The molecule has 5 nitrogen and oxygen atoms in total. The lowest BCUT2D eigenvalue weighted by molar-refractivity contribution is 0.0766. The number of likely N-dealkylation sites (tertiary alicyclic amines) is 1. The average molecular weight is 312 g/mol. The van der Waals surface area contributed by atoms with Gasteiger partial charge in [-0.15, -0.1) is 0 Å². The SMILES string of the molecule is COc1ccc(Nc2ccccc2C(=O)N2CC[C@H](O)C2)cc1. The number of carbonyl (C=O) groups excluding carboxylic acids is 1. The number of para-hydroxylation sites is 1. The van der Waals surface area contributed by atoms with Gasteiger partial charge in [-0.3, -0.25) is 4.79 Å². The molecule has 0 aromatic heterocycles. The second-order valence-electron chi connectivity index (χ2n) is 5.59. The molecule has 2 N–H and O–H groups in total. The number of aliphatic hydroxyl groups excluding tert-OH is 1. The van der Waals surface area contributed by atoms with Crippen LogP contribution in [0.2, 0.25) is 0 Å². The Bertz CT molecular complexity index is 685. The second-order valence-corrected chi connectivity index (χ2v) is 5.59. The number of nitrogens with one attached hydrogen (secondary N) is 1. The Kier molecular flexibility index (Phi) is 4.48. The van der Waals surface area contributed by atoms with Crippen molar-refractivity contribution >= 4 is 17.3 Å². The Morgan fingerprint density at radius 3 is 2.61 bits per heavy atom. The first kappa shape index (κ1) is 15.4. The summed E-state index contributed by atoms with van der Waals surface area (Å²) >= 11 is 0. The number of anilines is 2. The fourth-order valence-corrected chi connectivity index (χ4v) is 2.71. The predicted octanol–water partition coefficient (Wildman–Crippen LogP) is 2.65. The zero-order valence-corrected chi connectivity index (χ0v) is 13.0. The monoisotopic (exact) mass is 312 g/mol. The number of hydrogen-bond acceptors (Lipinski definition) is 4. The van der Waals surface area contributed by atoms with E-state index in [-0.39, 0.29) is 5.91 Å². The maximum atomic E-state index is 12.7. The summed E-state index contributed by atoms with van der Waals surface area (Å²) in [6.45, 7) is 0.993. The Labute approximate surface area is 135 Å². The lowest BCUT2D eigenvalue weighted by Gasteiger charge is -2.18. The molecule has 1 amide bonds. The van der Waals surface area contributed by atoms with Crippen molar-refractivity contribution in [1.82, 2.24) is 4.90 Å². The van der Waals surface area contributed by atoms with Crippen molar-refractivity contribution in [2.45, 2.75) is 12.5 Å². The quantitative estimate of drug-likeness (QED) is 0.911. The zero-order chi connectivity index (χ0) is 16.2. The van der Waals surface area contributed by atoms with Crippen molar-refractivity contribution in [1.29, 1.82) is 0 Å². The fourth-order valence-electron chi connectivity index (χ4n) is 2.71. The summed E-state index contributed by atoms with van der Waals surface area (Å²) in [7, 11) is 1.63. The molecule has 2 aromatic carbocycles. The number of amides is 1. The van der Waals surface area contributed by atoms with E-state index in [1.165, 1.54) is 0 Å². The molecule has 120 valence electrons. The zero-order valence-electron chi connectivity index (χ0n) is 13.0. The molecule has 2 aromatic rings. The van der Waals surface area contributed by atoms with Crippen LogP contribution < -0.4 is 10.1 Å². The molecule has 0 spiro atoms. The van der Waals surface area contributed by atoms with Crippen LogP contribution in [0, 0.1) is 0 Å². The first-order valence-corrected chi connectivity index (χ1v) is 7.65. The maximum absolute atomic E-state index is 12.7. The highest BCUT2D eigenvalue weighted by atomic mass is 16.5. The van der Waals surface area contributed by atoms with Crippen molar-refractivity contribution < 1.29 is 14.6 Å². The van der Waals surface area contributed by atoms with Crippen LogP contribution in [0.25, 0.3) is 0 Å². The lowest BCUT2D eigenvalue weighted by Crippen LogP contribution is -2.30. The molecule has 0 unspecified atom stereocenters. The standard InChI is InChI=1S/C18H20N2O3/c1-23-15-8-6-13(7-9-15)19-17-5-3-2-4-16(17)18(22)20-11-10-14(21)12-20/h2-9,14,19,21H,10-12H2,1H3/t14-/m0/s1. The first-order valence-electron chi connectivity index (χ1n) is 7.65. The molecule has 0 saturated carbocycles. The van der Waals surface area contributed by atoms with Crippen molar-refractivity contribution in [3.05, 3.63) is 54.1 Å². The van der Waals surface area contributed by atoms with Crippen LogP contribution in [-0.4, -0.2) is 42.2 Å². The third-order valence-corrected chi connectivity index (χ3v) is 3.98. The fraction of sp³-hybridized carbons (Fsp3) is 0.278. The number of nitrogens with zero attached hydrogens (tertiary/aromatic N) is 1. The molecular weight excluding hydrogens is 292 g/mol. The predicted molar refractivity (Wildman–Crippen MR) is 89.2 cm³/mol. The Morgan fingerprint density at radius 1 is 1.22 bits per heavy atom. The maximum Gasteiger partial charge on any atom is 0.256 e. The molecule has 23 heavy (non-hydrogen) atoms. The van der Waals surface area contributed by atoms with E-state index in [1.807, 2.05) is 42.5 Å². The van der Waals surface area contributed by atoms with Gasteiger partial charge < -0.3 is 20.1 Å². The Morgan fingerprint density at radius 2 is 1.96 bits per heavy atom. The molecule has 1 atom stereocenters. The number of hydrogen-bond donors (Lipinski definition) is 2. The Balaban J connectivity index is 1.81. The third-order valence-electron chi connectivity index (χ3n) is 3.98. The van der Waals surface area contributed by atoms with Crippen LogP contribution in [0.1, 0.15) is 16.8 Å². The molecule has 0 aliphatic carbocycles. The van der Waals surface area contributed by atoms with Gasteiger partial charge in [-0.05, 0) is 42.8 Å². The number of ether oxygens (including phenoxy) is 1. The highest BCUT2D eigenvalue weighted by molar-refractivity contribution is 6.00. The number of rotatable bonds is 4. The summed E-state index contributed by atoms with van der Waals surface area (Å²) < 4.78 is 5.15. The first-order chi connectivity index (χ1) is 11.2. The lowest BCUT2D eigenvalue weighted by atomic mass is 10.1. The van der Waals surface area contributed by atoms with Gasteiger partial charge in [0.2, 0.25) is 0 Å². The van der Waals surface area contributed by atoms with E-state index in [9.17, 15) is 9.90 Å². The van der Waals surface area contributed by atoms with E-state index < -0.39 is 6.10 Å². The van der Waals surface area contributed by atoms with Crippen LogP contribution in [0.15, 0.2) is 48.5 Å². The molecular formula is C18H20N2O3. The minimum atomic E-state index is -0.416. The highest BCUT2D eigenvalue weighted by Gasteiger charge is 2.26. The summed E-state index contributed by atoms with van der Waals surface area (Å²) in [5.41, 5.74) is 2.24. The van der Waals surface area contributed by atoms with Crippen LogP contribution in [-0.2, 0) is 0 Å². The van der Waals surface area contributed by atoms with Crippen molar-refractivity contribution in [3.63, 3.8) is 0 Å². The molecule has 1 fully saturated rings. The van der Waals surface area contributed by atoms with E-state index in [2.05, 4.69) is 5.32 Å². The molecule has 5 heteroatoms. The van der Waals surface area contributed by atoms with Gasteiger partial charge in [0.05, 0.1) is 24.5 Å². The van der Waals surface area contributed by atoms with Gasteiger partial charge in [-0.1, -0.05) is 12.1 Å². The van der Waals surface area contributed by atoms with Gasteiger partial charge in [0, 0.05) is 18.8 Å². The van der Waals surface area contributed by atoms with Crippen molar-refractivity contribution in [3.8, 4) is 5.75 Å². The number of β-amino-alcohol motifs (C(OH)–C–C–N with tert-alkyl or cyclic N) is 1. The van der Waals surface area contributed by atoms with E-state index in [0.29, 0.717) is 25.1 Å². The van der Waals surface area contributed by atoms with Crippen molar-refractivity contribution in [2.24, 2.45) is 0 Å². The molecule has 3 rings (SSSR count). The minimum Gasteiger partial charge on any atom is -0.497 e. The average Bonchev–Trinajstić information content (AvgIpc) is 3.02. The summed E-state index contributed by atoms with van der Waals surface area (Å²) in [4.78, 5) is 14.4. The normalized spacial score (nSPS) is 17.1. The molecule has 1 saturated heterocycles. The van der Waals surface area contributed by atoms with Crippen molar-refractivity contribution in [2.75, 3.05) is 25.5 Å². The van der Waals surface area contributed by atoms with Gasteiger partial charge in [0.15, 0.2) is 0 Å². The number of carbonyl (C=O) groups is 1. The van der Waals surface area contributed by atoms with Gasteiger partial charge in [-0.25, -0.2) is 0 Å². The Hall–Kier alpha value is -2.53. The summed E-state index contributed by atoms with van der Waals surface area (Å²) in [5, 5.41) is 12.9. The smallest absolute Gasteiger partial charge is 0.256 e. The molecule has 0 bridgehead atoms. The van der Waals surface area contributed by atoms with Gasteiger partial charge >= 0.3 is 0 Å². The summed E-state index contributed by atoms with van der Waals surface area (Å²) in [6, 6.07) is 15.0. The number of methoxy groups -OCH3 is 1. The van der Waals surface area contributed by atoms with Gasteiger partial charge in [0.25, 0.3) is 5.91 Å². The largest absolute Gasteiger partial charge is 0.497 e. The van der Waals surface area contributed by atoms with E-state index >= 15 is 0 Å². The van der Waals surface area contributed by atoms with Crippen LogP contribution in [0.5, 0.6) is 5.75 Å². The van der Waals surface area contributed by atoms with Gasteiger partial charge in [-0.2, -0.15) is 0 Å². The molecule has 1 aliphatic rings. The summed E-state index contributed by atoms with van der Waals surface area (Å²) in [5.74, 6) is 0.726. The van der Waals surface area contributed by atoms with Gasteiger partial charge in [0.1, 0.15) is 5.75 Å². The van der Waals surface area contributed by atoms with E-state index in [0.717, 1.165) is 17.1 Å². The van der Waals surface area contributed by atoms with E-state index in [1.54, 1.807) is 18.1 Å². The summed E-state index contributed by atoms with van der Waals surface area (Å²) in [6.07, 6.45) is 0.223.